The molecule has 0 bridgehead atoms. The molecule has 13 heavy (non-hydrogen) atoms. The van der Waals surface area contributed by atoms with E-state index in [0.717, 1.165) is 5.69 Å². The summed E-state index contributed by atoms with van der Waals surface area (Å²) in [5, 5.41) is 6.26. The van der Waals surface area contributed by atoms with Crippen LogP contribution in [0.15, 0.2) is 23.3 Å². The number of benzene rings is 1. The van der Waals surface area contributed by atoms with Crippen molar-refractivity contribution in [2.45, 2.75) is 0 Å². The quantitative estimate of drug-likeness (QED) is 0.372. The Morgan fingerprint density at radius 3 is 3.00 bits per heavy atom. The fourth-order valence-corrected chi connectivity index (χ4v) is 0.937. The summed E-state index contributed by atoms with van der Waals surface area (Å²) in [5.41, 5.74) is 14.2. The van der Waals surface area contributed by atoms with Gasteiger partial charge in [-0.25, -0.2) is 5.53 Å². The van der Waals surface area contributed by atoms with Crippen LogP contribution in [0, 0.1) is 17.9 Å². The molecule has 66 valence electrons. The van der Waals surface area contributed by atoms with E-state index in [2.05, 4.69) is 16.4 Å². The molecule has 0 radical (unpaired) electrons. The van der Waals surface area contributed by atoms with Crippen molar-refractivity contribution >= 4 is 17.1 Å². The minimum atomic E-state index is 0.409. The van der Waals surface area contributed by atoms with Gasteiger partial charge in [0.2, 0.25) is 0 Å². The van der Waals surface area contributed by atoms with E-state index in [1.165, 1.54) is 0 Å². The van der Waals surface area contributed by atoms with Crippen LogP contribution >= 0.6 is 0 Å². The van der Waals surface area contributed by atoms with E-state index in [-0.39, 0.29) is 0 Å². The Hall–Kier alpha value is -2.02. The van der Waals surface area contributed by atoms with Gasteiger partial charge in [-0.15, -0.1) is 6.42 Å². The third-order valence-electron chi connectivity index (χ3n) is 1.52. The van der Waals surface area contributed by atoms with Crippen molar-refractivity contribution in [1.29, 1.82) is 5.53 Å². The molecule has 0 spiro atoms. The molecule has 0 aliphatic carbocycles. The average molecular weight is 174 g/mol. The number of nitrogens with two attached hydrogens (primary N) is 1. The summed E-state index contributed by atoms with van der Waals surface area (Å²) in [6.07, 6.45) is 5.08. The maximum Gasteiger partial charge on any atom is 0.110 e. The van der Waals surface area contributed by atoms with Crippen LogP contribution in [-0.4, -0.2) is 6.54 Å². The van der Waals surface area contributed by atoms with Crippen LogP contribution in [-0.2, 0) is 0 Å². The van der Waals surface area contributed by atoms with Gasteiger partial charge in [0, 0.05) is 5.69 Å². The standard InChI is InChI=1S/C9H10N4/c1-2-5-12-8-4-3-7(10)6-9(8)13-11/h1,3-4,6,11-12H,5,10H2. The third-order valence-corrected chi connectivity index (χ3v) is 1.52. The molecule has 0 saturated heterocycles. The Morgan fingerprint density at radius 1 is 1.62 bits per heavy atom. The van der Waals surface area contributed by atoms with E-state index in [9.17, 15) is 0 Å². The zero-order chi connectivity index (χ0) is 9.68. The zero-order valence-corrected chi connectivity index (χ0v) is 7.04. The monoisotopic (exact) mass is 174 g/mol. The highest BCUT2D eigenvalue weighted by atomic mass is 15.0. The van der Waals surface area contributed by atoms with E-state index in [0.29, 0.717) is 17.9 Å². The maximum atomic E-state index is 6.89. The molecule has 0 saturated carbocycles. The van der Waals surface area contributed by atoms with Crippen LogP contribution < -0.4 is 11.1 Å². The Kier molecular flexibility index (Phi) is 2.87. The van der Waals surface area contributed by atoms with Gasteiger partial charge >= 0.3 is 0 Å². The SMILES string of the molecule is C#CCNc1ccc(N)cc1N=N. The molecule has 0 heterocycles. The molecule has 0 aromatic heterocycles. The fraction of sp³-hybridized carbons (Fsp3) is 0.111. The second kappa shape index (κ2) is 4.12. The number of hydrogen-bond donors (Lipinski definition) is 3. The van der Waals surface area contributed by atoms with Gasteiger partial charge in [-0.3, -0.25) is 0 Å². The molecule has 1 aromatic carbocycles. The highest BCUT2D eigenvalue weighted by molar-refractivity contribution is 5.69. The minimum Gasteiger partial charge on any atom is -0.399 e. The highest BCUT2D eigenvalue weighted by Gasteiger charge is 1.99. The van der Waals surface area contributed by atoms with Crippen molar-refractivity contribution in [2.75, 3.05) is 17.6 Å². The predicted molar refractivity (Wildman–Crippen MR) is 53.0 cm³/mol. The Labute approximate surface area is 76.7 Å². The number of hydrogen-bond acceptors (Lipinski definition) is 4. The average Bonchev–Trinajstić information content (AvgIpc) is 2.16. The normalized spacial score (nSPS) is 8.85. The number of anilines is 2. The molecular formula is C9H10N4. The van der Waals surface area contributed by atoms with Gasteiger partial charge in [0.15, 0.2) is 0 Å². The van der Waals surface area contributed by atoms with Gasteiger partial charge in [-0.05, 0) is 18.2 Å². The lowest BCUT2D eigenvalue weighted by Crippen LogP contribution is -1.98. The van der Waals surface area contributed by atoms with Crippen molar-refractivity contribution in [3.05, 3.63) is 18.2 Å². The molecule has 0 unspecified atom stereocenters. The van der Waals surface area contributed by atoms with Crippen LogP contribution in [0.4, 0.5) is 17.1 Å². The molecule has 0 fully saturated rings. The molecule has 0 aliphatic heterocycles. The van der Waals surface area contributed by atoms with Crippen LogP contribution in [0.2, 0.25) is 0 Å². The number of rotatable bonds is 3. The smallest absolute Gasteiger partial charge is 0.110 e. The minimum absolute atomic E-state index is 0.409. The lowest BCUT2D eigenvalue weighted by atomic mass is 10.2. The van der Waals surface area contributed by atoms with Crippen LogP contribution in [0.25, 0.3) is 0 Å². The molecule has 4 N–H and O–H groups in total. The van der Waals surface area contributed by atoms with E-state index in [1.54, 1.807) is 18.2 Å². The Morgan fingerprint density at radius 2 is 2.38 bits per heavy atom. The van der Waals surface area contributed by atoms with Crippen molar-refractivity contribution in [3.63, 3.8) is 0 Å². The summed E-state index contributed by atoms with van der Waals surface area (Å²) >= 11 is 0. The highest BCUT2D eigenvalue weighted by Crippen LogP contribution is 2.26. The maximum absolute atomic E-state index is 6.89. The summed E-state index contributed by atoms with van der Waals surface area (Å²) in [7, 11) is 0. The van der Waals surface area contributed by atoms with Gasteiger partial charge < -0.3 is 11.1 Å². The first-order chi connectivity index (χ1) is 6.27. The van der Waals surface area contributed by atoms with E-state index < -0.39 is 0 Å². The topological polar surface area (TPSA) is 74.3 Å². The summed E-state index contributed by atoms with van der Waals surface area (Å²) < 4.78 is 0. The fourth-order valence-electron chi connectivity index (χ4n) is 0.937. The number of nitrogen functional groups attached to an aromatic ring is 1. The lowest BCUT2D eigenvalue weighted by Gasteiger charge is -2.05. The summed E-state index contributed by atoms with van der Waals surface area (Å²) in [6.45, 7) is 0.409. The first kappa shape index (κ1) is 9.07. The van der Waals surface area contributed by atoms with Crippen molar-refractivity contribution in [3.8, 4) is 12.3 Å². The number of nitrogens with one attached hydrogen (secondary N) is 2. The Bertz CT molecular complexity index is 351. The Balaban J connectivity index is 2.93. The van der Waals surface area contributed by atoms with Crippen molar-refractivity contribution in [1.82, 2.24) is 0 Å². The molecule has 1 rings (SSSR count). The van der Waals surface area contributed by atoms with Crippen LogP contribution in [0.3, 0.4) is 0 Å². The second-order valence-corrected chi connectivity index (χ2v) is 2.45. The van der Waals surface area contributed by atoms with Crippen LogP contribution in [0.1, 0.15) is 0 Å². The molecule has 0 aliphatic rings. The summed E-state index contributed by atoms with van der Waals surface area (Å²) in [6, 6.07) is 5.10. The predicted octanol–water partition coefficient (Wildman–Crippen LogP) is 1.98. The van der Waals surface area contributed by atoms with Gasteiger partial charge in [-0.2, -0.15) is 5.11 Å². The zero-order valence-electron chi connectivity index (χ0n) is 7.04. The van der Waals surface area contributed by atoms with E-state index >= 15 is 0 Å². The van der Waals surface area contributed by atoms with Gasteiger partial charge in [-0.1, -0.05) is 5.92 Å². The van der Waals surface area contributed by atoms with Crippen LogP contribution in [0.5, 0.6) is 0 Å². The third kappa shape index (κ3) is 2.20. The number of terminal acetylenes is 1. The van der Waals surface area contributed by atoms with E-state index in [1.807, 2.05) is 0 Å². The molecule has 4 nitrogen and oxygen atoms in total. The second-order valence-electron chi connectivity index (χ2n) is 2.45. The lowest BCUT2D eigenvalue weighted by molar-refractivity contribution is 1.14. The summed E-state index contributed by atoms with van der Waals surface area (Å²) in [4.78, 5) is 0. The molecule has 0 atom stereocenters. The summed E-state index contributed by atoms with van der Waals surface area (Å²) in [5.74, 6) is 2.44. The van der Waals surface area contributed by atoms with Gasteiger partial charge in [0.1, 0.15) is 5.69 Å². The van der Waals surface area contributed by atoms with Crippen molar-refractivity contribution < 1.29 is 0 Å². The van der Waals surface area contributed by atoms with Gasteiger partial charge in [0.05, 0.1) is 12.2 Å². The van der Waals surface area contributed by atoms with Gasteiger partial charge in [0.25, 0.3) is 0 Å². The number of nitrogens with zero attached hydrogens (tertiary/aromatic N) is 1. The molecule has 4 heteroatoms. The first-order valence-corrected chi connectivity index (χ1v) is 3.72. The molecular weight excluding hydrogens is 164 g/mol. The molecule has 0 amide bonds. The van der Waals surface area contributed by atoms with E-state index in [4.69, 9.17) is 17.7 Å². The van der Waals surface area contributed by atoms with Crippen molar-refractivity contribution in [2.24, 2.45) is 5.11 Å². The molecule has 1 aromatic rings. The largest absolute Gasteiger partial charge is 0.399 e. The first-order valence-electron chi connectivity index (χ1n) is 3.72.